The zero-order chi connectivity index (χ0) is 18.5. The molecule has 2 amide bonds. The van der Waals surface area contributed by atoms with Gasteiger partial charge in [0.2, 0.25) is 0 Å². The maximum atomic E-state index is 12.1. The van der Waals surface area contributed by atoms with Gasteiger partial charge < -0.3 is 15.5 Å². The van der Waals surface area contributed by atoms with E-state index in [1.807, 2.05) is 24.3 Å². The van der Waals surface area contributed by atoms with Crippen molar-refractivity contribution in [3.05, 3.63) is 59.4 Å². The molecule has 2 aromatic rings. The van der Waals surface area contributed by atoms with Crippen molar-refractivity contribution in [2.24, 2.45) is 0 Å². The van der Waals surface area contributed by atoms with Crippen LogP contribution in [-0.2, 0) is 11.2 Å². The first-order valence-corrected chi connectivity index (χ1v) is 8.32. The lowest BCUT2D eigenvalue weighted by Gasteiger charge is -2.13. The van der Waals surface area contributed by atoms with E-state index in [-0.39, 0.29) is 18.5 Å². The number of benzene rings is 1. The number of rotatable bonds is 6. The van der Waals surface area contributed by atoms with E-state index >= 15 is 0 Å². The Balaban J connectivity index is 1.67. The first-order chi connectivity index (χ1) is 12.5. The van der Waals surface area contributed by atoms with Crippen molar-refractivity contribution in [1.29, 1.82) is 5.41 Å². The second-order valence-corrected chi connectivity index (χ2v) is 6.15. The second kappa shape index (κ2) is 7.77. The van der Waals surface area contributed by atoms with Gasteiger partial charge in [0.15, 0.2) is 0 Å². The number of carbonyl (C=O) groups excluding carboxylic acids is 2. The third-order valence-electron chi connectivity index (χ3n) is 3.99. The maximum absolute atomic E-state index is 12.1. The van der Waals surface area contributed by atoms with Gasteiger partial charge in [-0.15, -0.1) is 0 Å². The fourth-order valence-corrected chi connectivity index (χ4v) is 2.68. The van der Waals surface area contributed by atoms with Crippen molar-refractivity contribution in [2.75, 3.05) is 24.6 Å². The Labute approximate surface area is 151 Å². The number of pyridine rings is 1. The highest BCUT2D eigenvalue weighted by molar-refractivity contribution is 5.96. The number of nitrogens with one attached hydrogen (secondary N) is 2. The van der Waals surface area contributed by atoms with Gasteiger partial charge in [-0.2, -0.15) is 0 Å². The molecular formula is C19H20N4O3. The second-order valence-electron chi connectivity index (χ2n) is 6.15. The normalized spacial score (nSPS) is 13.4. The molecule has 1 fully saturated rings. The molecule has 7 nitrogen and oxygen atoms in total. The predicted octanol–water partition coefficient (Wildman–Crippen LogP) is 2.40. The largest absolute Gasteiger partial charge is 0.447 e. The van der Waals surface area contributed by atoms with Crippen LogP contribution in [-0.4, -0.2) is 42.4 Å². The van der Waals surface area contributed by atoms with E-state index in [0.717, 1.165) is 16.8 Å². The van der Waals surface area contributed by atoms with Crippen LogP contribution in [0.2, 0.25) is 0 Å². The molecule has 1 aliphatic heterocycles. The van der Waals surface area contributed by atoms with E-state index in [0.29, 0.717) is 30.8 Å². The van der Waals surface area contributed by atoms with Crippen molar-refractivity contribution in [1.82, 2.24) is 10.3 Å². The van der Waals surface area contributed by atoms with Crippen LogP contribution in [0.3, 0.4) is 0 Å². The smallest absolute Gasteiger partial charge is 0.414 e. The number of ether oxygens (including phenoxy) is 1. The van der Waals surface area contributed by atoms with E-state index in [9.17, 15) is 9.59 Å². The predicted molar refractivity (Wildman–Crippen MR) is 97.9 cm³/mol. The Morgan fingerprint density at radius 2 is 2.04 bits per heavy atom. The molecule has 3 rings (SSSR count). The van der Waals surface area contributed by atoms with Crippen LogP contribution in [0.15, 0.2) is 42.7 Å². The molecule has 1 aromatic carbocycles. The highest BCUT2D eigenvalue weighted by atomic mass is 16.6. The molecule has 2 N–H and O–H groups in total. The van der Waals surface area contributed by atoms with E-state index in [1.54, 1.807) is 24.1 Å². The maximum Gasteiger partial charge on any atom is 0.414 e. The van der Waals surface area contributed by atoms with Gasteiger partial charge in [-0.05, 0) is 42.7 Å². The molecule has 1 aromatic heterocycles. The molecule has 0 saturated carbocycles. The average Bonchev–Trinajstić information content (AvgIpc) is 3.06. The highest BCUT2D eigenvalue weighted by Crippen LogP contribution is 2.20. The number of carbonyl (C=O) groups is 2. The summed E-state index contributed by atoms with van der Waals surface area (Å²) in [6, 6.07) is 9.48. The lowest BCUT2D eigenvalue weighted by Crippen LogP contribution is -2.28. The van der Waals surface area contributed by atoms with E-state index in [1.165, 1.54) is 6.20 Å². The molecule has 0 atom stereocenters. The summed E-state index contributed by atoms with van der Waals surface area (Å²) < 4.78 is 4.94. The molecule has 0 aliphatic carbocycles. The van der Waals surface area contributed by atoms with Crippen molar-refractivity contribution in [3.63, 3.8) is 0 Å². The minimum atomic E-state index is -0.319. The summed E-state index contributed by atoms with van der Waals surface area (Å²) in [4.78, 5) is 29.4. The molecule has 26 heavy (non-hydrogen) atoms. The number of aromatic nitrogens is 1. The third-order valence-corrected chi connectivity index (χ3v) is 3.99. The summed E-state index contributed by atoms with van der Waals surface area (Å²) in [5.74, 6) is -0.242. The number of nitrogens with zero attached hydrogens (tertiary/aromatic N) is 2. The zero-order valence-corrected chi connectivity index (χ0v) is 14.5. The van der Waals surface area contributed by atoms with Crippen LogP contribution in [0.1, 0.15) is 28.4 Å². The van der Waals surface area contributed by atoms with Gasteiger partial charge >= 0.3 is 6.09 Å². The van der Waals surface area contributed by atoms with E-state index in [4.69, 9.17) is 10.1 Å². The Bertz CT molecular complexity index is 833. The SMILES string of the molecule is CC(=N)CNC(=O)c1cncc(Cc2ccc(N3CCOC3=O)cc2)c1. The minimum Gasteiger partial charge on any atom is -0.447 e. The van der Waals surface area contributed by atoms with Gasteiger partial charge in [0.25, 0.3) is 5.91 Å². The summed E-state index contributed by atoms with van der Waals surface area (Å²) in [5.41, 5.74) is 3.64. The summed E-state index contributed by atoms with van der Waals surface area (Å²) in [6.07, 6.45) is 3.55. The summed E-state index contributed by atoms with van der Waals surface area (Å²) >= 11 is 0. The van der Waals surface area contributed by atoms with Gasteiger partial charge in [0, 0.05) is 23.8 Å². The van der Waals surface area contributed by atoms with Gasteiger partial charge in [0.1, 0.15) is 6.61 Å². The first kappa shape index (κ1) is 17.6. The Kier molecular flexibility index (Phi) is 5.26. The number of hydrogen-bond donors (Lipinski definition) is 2. The summed E-state index contributed by atoms with van der Waals surface area (Å²) in [6.45, 7) is 2.84. The van der Waals surface area contributed by atoms with Crippen LogP contribution in [0.25, 0.3) is 0 Å². The molecule has 1 aliphatic rings. The van der Waals surface area contributed by atoms with Gasteiger partial charge in [-0.1, -0.05) is 12.1 Å². The lowest BCUT2D eigenvalue weighted by atomic mass is 10.0. The molecular weight excluding hydrogens is 332 g/mol. The fourth-order valence-electron chi connectivity index (χ4n) is 2.68. The first-order valence-electron chi connectivity index (χ1n) is 8.32. The van der Waals surface area contributed by atoms with Crippen LogP contribution < -0.4 is 10.2 Å². The molecule has 134 valence electrons. The van der Waals surface area contributed by atoms with Crippen LogP contribution in [0, 0.1) is 5.41 Å². The van der Waals surface area contributed by atoms with Gasteiger partial charge in [0.05, 0.1) is 18.7 Å². The zero-order valence-electron chi connectivity index (χ0n) is 14.5. The number of hydrogen-bond acceptors (Lipinski definition) is 5. The van der Waals surface area contributed by atoms with Crippen molar-refractivity contribution in [2.45, 2.75) is 13.3 Å². The molecule has 0 unspecified atom stereocenters. The highest BCUT2D eigenvalue weighted by Gasteiger charge is 2.23. The van der Waals surface area contributed by atoms with Crippen LogP contribution >= 0.6 is 0 Å². The average molecular weight is 352 g/mol. The quantitative estimate of drug-likeness (QED) is 0.781. The van der Waals surface area contributed by atoms with Crippen LogP contribution in [0.4, 0.5) is 10.5 Å². The van der Waals surface area contributed by atoms with Crippen molar-refractivity contribution >= 4 is 23.4 Å². The van der Waals surface area contributed by atoms with E-state index in [2.05, 4.69) is 10.3 Å². The topological polar surface area (TPSA) is 95.4 Å². The minimum absolute atomic E-state index is 0.226. The number of cyclic esters (lactones) is 1. The fraction of sp³-hybridized carbons (Fsp3) is 0.263. The summed E-state index contributed by atoms with van der Waals surface area (Å²) in [7, 11) is 0. The standard InChI is InChI=1S/C19H20N4O3/c1-13(20)10-22-18(24)16-9-15(11-21-12-16)8-14-2-4-17(5-3-14)23-6-7-26-19(23)25/h2-5,9,11-12,20H,6-8,10H2,1H3,(H,22,24). The van der Waals surface area contributed by atoms with Gasteiger partial charge in [-0.25, -0.2) is 4.79 Å². The monoisotopic (exact) mass is 352 g/mol. The molecule has 0 radical (unpaired) electrons. The molecule has 0 bridgehead atoms. The molecule has 2 heterocycles. The van der Waals surface area contributed by atoms with Crippen molar-refractivity contribution < 1.29 is 14.3 Å². The number of amides is 2. The molecule has 1 saturated heterocycles. The van der Waals surface area contributed by atoms with Crippen molar-refractivity contribution in [3.8, 4) is 0 Å². The van der Waals surface area contributed by atoms with Gasteiger partial charge in [-0.3, -0.25) is 14.7 Å². The van der Waals surface area contributed by atoms with Crippen LogP contribution in [0.5, 0.6) is 0 Å². The third kappa shape index (κ3) is 4.24. The number of anilines is 1. The van der Waals surface area contributed by atoms with E-state index < -0.39 is 0 Å². The Morgan fingerprint density at radius 3 is 2.69 bits per heavy atom. The molecule has 7 heteroatoms. The molecule has 0 spiro atoms. The Morgan fingerprint density at radius 1 is 1.27 bits per heavy atom. The summed E-state index contributed by atoms with van der Waals surface area (Å²) in [5, 5.41) is 10.0. The Hall–Kier alpha value is -3.22. The lowest BCUT2D eigenvalue weighted by molar-refractivity contribution is 0.0958.